The van der Waals surface area contributed by atoms with Gasteiger partial charge in [-0.2, -0.15) is 0 Å². The number of nitrogens with one attached hydrogen (secondary N) is 2. The van der Waals surface area contributed by atoms with Crippen molar-refractivity contribution >= 4 is 59.6 Å². The maximum atomic E-state index is 11.8. The fraction of sp³-hybridized carbons (Fsp3) is 0.800. The van der Waals surface area contributed by atoms with E-state index in [4.69, 9.17) is 0 Å². The number of carbonyl (C=O) groups excluding carboxylic acids is 2. The van der Waals surface area contributed by atoms with E-state index >= 15 is 0 Å². The van der Waals surface area contributed by atoms with Crippen LogP contribution in [0.15, 0.2) is 0 Å². The highest BCUT2D eigenvalue weighted by molar-refractivity contribution is 9.25. The zero-order valence-electron chi connectivity index (χ0n) is 9.81. The number of carbonyl (C=O) groups is 2. The van der Waals surface area contributed by atoms with E-state index in [1.165, 1.54) is 0 Å². The number of halogens is 3. The van der Waals surface area contributed by atoms with Crippen molar-refractivity contribution in [2.24, 2.45) is 11.3 Å². The number of hydrogen-bond donors (Lipinski definition) is 2. The fourth-order valence-corrected chi connectivity index (χ4v) is 2.87. The summed E-state index contributed by atoms with van der Waals surface area (Å²) in [5.41, 5.74) is 4.34. The summed E-state index contributed by atoms with van der Waals surface area (Å²) >= 11 is 10.1. The third kappa shape index (κ3) is 3.23. The van der Waals surface area contributed by atoms with Crippen LogP contribution in [0.4, 0.5) is 0 Å². The summed E-state index contributed by atoms with van der Waals surface area (Å²) in [5, 5.41) is 0. The highest BCUT2D eigenvalue weighted by atomic mass is 79.9. The molecule has 0 aromatic carbocycles. The van der Waals surface area contributed by atoms with Crippen LogP contribution in [-0.4, -0.2) is 19.9 Å². The molecule has 0 bridgehead atoms. The van der Waals surface area contributed by atoms with E-state index in [9.17, 15) is 9.59 Å². The molecule has 0 saturated heterocycles. The van der Waals surface area contributed by atoms with E-state index in [2.05, 4.69) is 58.6 Å². The molecule has 0 spiro atoms. The molecule has 2 amide bonds. The predicted octanol–water partition coefficient (Wildman–Crippen LogP) is 2.45. The van der Waals surface area contributed by atoms with Gasteiger partial charge in [0.05, 0.1) is 13.5 Å². The molecule has 2 N–H and O–H groups in total. The number of rotatable bonds is 3. The molecule has 1 aliphatic carbocycles. The van der Waals surface area contributed by atoms with Gasteiger partial charge in [0.25, 0.3) is 5.91 Å². The number of hydrogen-bond acceptors (Lipinski definition) is 2. The van der Waals surface area contributed by atoms with Gasteiger partial charge in [-0.15, -0.1) is 0 Å². The quantitative estimate of drug-likeness (QED) is 0.529. The first-order valence-electron chi connectivity index (χ1n) is 5.24. The molecule has 4 nitrogen and oxygen atoms in total. The van der Waals surface area contributed by atoms with Crippen molar-refractivity contribution in [1.82, 2.24) is 10.9 Å². The Balaban J connectivity index is 2.43. The topological polar surface area (TPSA) is 58.2 Å². The molecular weight excluding hydrogens is 420 g/mol. The van der Waals surface area contributed by atoms with Gasteiger partial charge in [-0.3, -0.25) is 20.4 Å². The van der Waals surface area contributed by atoms with Crippen LogP contribution in [0, 0.1) is 11.3 Å². The number of alkyl halides is 3. The van der Waals surface area contributed by atoms with Crippen molar-refractivity contribution in [3.8, 4) is 0 Å². The van der Waals surface area contributed by atoms with Gasteiger partial charge in [-0.05, 0) is 19.3 Å². The zero-order valence-corrected chi connectivity index (χ0v) is 14.6. The Kier molecular flexibility index (Phi) is 4.69. The minimum Gasteiger partial charge on any atom is -0.273 e. The van der Waals surface area contributed by atoms with Crippen LogP contribution < -0.4 is 10.9 Å². The molecule has 1 aliphatic rings. The van der Waals surface area contributed by atoms with Crippen molar-refractivity contribution in [1.29, 1.82) is 0 Å². The second-order valence-corrected chi connectivity index (χ2v) is 9.56. The van der Waals surface area contributed by atoms with Gasteiger partial charge in [0.1, 0.15) is 0 Å². The average Bonchev–Trinajstić information content (AvgIpc) is 2.74. The van der Waals surface area contributed by atoms with Crippen molar-refractivity contribution in [3.63, 3.8) is 0 Å². The van der Waals surface area contributed by atoms with Gasteiger partial charge < -0.3 is 0 Å². The van der Waals surface area contributed by atoms with Crippen LogP contribution in [0.3, 0.4) is 0 Å². The van der Waals surface area contributed by atoms with Gasteiger partial charge in [-0.25, -0.2) is 0 Å². The first kappa shape index (κ1) is 15.4. The molecule has 0 aliphatic heterocycles. The minimum atomic E-state index is -0.528. The maximum Gasteiger partial charge on any atom is 0.252 e. The first-order valence-corrected chi connectivity index (χ1v) is 7.74. The number of amides is 2. The van der Waals surface area contributed by atoms with E-state index < -0.39 is 5.41 Å². The maximum absolute atomic E-state index is 11.8. The normalized spacial score (nSPS) is 27.5. The second-order valence-electron chi connectivity index (χ2n) is 4.80. The molecule has 1 fully saturated rings. The summed E-state index contributed by atoms with van der Waals surface area (Å²) < 4.78 is -0.354. The lowest BCUT2D eigenvalue weighted by Gasteiger charge is -2.17. The highest BCUT2D eigenvalue weighted by Gasteiger charge is 2.66. The van der Waals surface area contributed by atoms with E-state index in [1.54, 1.807) is 0 Å². The molecule has 0 radical (unpaired) electrons. The van der Waals surface area contributed by atoms with E-state index in [1.807, 2.05) is 20.8 Å². The Morgan fingerprint density at radius 1 is 1.24 bits per heavy atom. The fourth-order valence-electron chi connectivity index (χ4n) is 1.27. The summed E-state index contributed by atoms with van der Waals surface area (Å²) in [6.45, 7) is 5.67. The van der Waals surface area contributed by atoms with Gasteiger partial charge >= 0.3 is 0 Å². The van der Waals surface area contributed by atoms with E-state index in [0.29, 0.717) is 6.42 Å². The molecule has 7 heteroatoms. The van der Waals surface area contributed by atoms with Crippen molar-refractivity contribution < 1.29 is 9.59 Å². The zero-order chi connectivity index (χ0) is 13.4. The largest absolute Gasteiger partial charge is 0.273 e. The summed E-state index contributed by atoms with van der Waals surface area (Å²) in [6, 6.07) is 0. The molecule has 1 rings (SSSR count). The van der Waals surface area contributed by atoms with Crippen LogP contribution in [-0.2, 0) is 9.59 Å². The van der Waals surface area contributed by atoms with Crippen molar-refractivity contribution in [2.45, 2.75) is 35.3 Å². The first-order chi connectivity index (χ1) is 7.62. The molecule has 0 unspecified atom stereocenters. The lowest BCUT2D eigenvalue weighted by atomic mass is 10.1. The van der Waals surface area contributed by atoms with Gasteiger partial charge in [0.2, 0.25) is 5.91 Å². The highest BCUT2D eigenvalue weighted by Crippen LogP contribution is 2.66. The van der Waals surface area contributed by atoms with Crippen molar-refractivity contribution in [3.05, 3.63) is 0 Å². The molecule has 1 saturated carbocycles. The molecule has 98 valence electrons. The van der Waals surface area contributed by atoms with Gasteiger partial charge in [0, 0.05) is 0 Å². The van der Waals surface area contributed by atoms with Gasteiger partial charge in [0.15, 0.2) is 0 Å². The van der Waals surface area contributed by atoms with Crippen molar-refractivity contribution in [2.75, 3.05) is 0 Å². The molecular formula is C10H15Br3N2O2. The van der Waals surface area contributed by atoms with Crippen LogP contribution in [0.5, 0.6) is 0 Å². The van der Waals surface area contributed by atoms with Gasteiger partial charge in [-0.1, -0.05) is 61.6 Å². The lowest BCUT2D eigenvalue weighted by molar-refractivity contribution is -0.131. The molecule has 0 heterocycles. The molecule has 0 aromatic heterocycles. The SMILES string of the molecule is CC(C)[C@@H](Br)C(=O)NNC(=O)[C@@]1(C)CC1(Br)Br. The average molecular weight is 435 g/mol. The Morgan fingerprint density at radius 2 is 1.71 bits per heavy atom. The van der Waals surface area contributed by atoms with Crippen LogP contribution in [0.25, 0.3) is 0 Å². The summed E-state index contributed by atoms with van der Waals surface area (Å²) in [4.78, 5) is 23.1. The second kappa shape index (κ2) is 5.17. The standard InChI is InChI=1S/C10H15Br3N2O2/c1-5(2)6(11)7(16)14-15-8(17)9(3)4-10(9,12)13/h5-6H,4H2,1-3H3,(H,14,16)(H,15,17)/t6-,9-/m1/s1. The summed E-state index contributed by atoms with van der Waals surface area (Å²) in [5.74, 6) is -0.287. The lowest BCUT2D eigenvalue weighted by Crippen LogP contribution is -2.49. The Morgan fingerprint density at radius 3 is 2.06 bits per heavy atom. The van der Waals surface area contributed by atoms with E-state index in [0.717, 1.165) is 0 Å². The molecule has 2 atom stereocenters. The Bertz CT molecular complexity index is 346. The summed E-state index contributed by atoms with van der Waals surface area (Å²) in [7, 11) is 0. The Hall–Kier alpha value is 0.380. The van der Waals surface area contributed by atoms with Crippen LogP contribution in [0.2, 0.25) is 0 Å². The molecule has 17 heavy (non-hydrogen) atoms. The monoisotopic (exact) mass is 432 g/mol. The third-order valence-corrected chi connectivity index (χ3v) is 6.68. The van der Waals surface area contributed by atoms with E-state index in [-0.39, 0.29) is 25.8 Å². The summed E-state index contributed by atoms with van der Waals surface area (Å²) in [6.07, 6.45) is 0.684. The van der Waals surface area contributed by atoms with Crippen LogP contribution in [0.1, 0.15) is 27.2 Å². The molecule has 0 aromatic rings. The Labute approximate surface area is 126 Å². The third-order valence-electron chi connectivity index (χ3n) is 2.89. The minimum absolute atomic E-state index is 0.162. The number of hydrazine groups is 1. The smallest absolute Gasteiger partial charge is 0.252 e. The predicted molar refractivity (Wildman–Crippen MR) is 77.1 cm³/mol. The van der Waals surface area contributed by atoms with Crippen LogP contribution >= 0.6 is 47.8 Å².